The Hall–Kier alpha value is -0.830. The van der Waals surface area contributed by atoms with E-state index in [0.717, 1.165) is 12.2 Å². The van der Waals surface area contributed by atoms with Gasteiger partial charge in [0.05, 0.1) is 11.4 Å². The van der Waals surface area contributed by atoms with Crippen LogP contribution in [-0.2, 0) is 0 Å². The molecule has 0 bridgehead atoms. The van der Waals surface area contributed by atoms with E-state index in [4.69, 9.17) is 5.73 Å². The number of thioether (sulfide) groups is 1. The van der Waals surface area contributed by atoms with Gasteiger partial charge in [-0.3, -0.25) is 0 Å². The van der Waals surface area contributed by atoms with Gasteiger partial charge in [0.1, 0.15) is 0 Å². The zero-order valence-corrected chi connectivity index (χ0v) is 9.96. The van der Waals surface area contributed by atoms with Crippen LogP contribution in [0.15, 0.2) is 24.3 Å². The van der Waals surface area contributed by atoms with Gasteiger partial charge in [0.2, 0.25) is 0 Å². The van der Waals surface area contributed by atoms with Crippen LogP contribution in [-0.4, -0.2) is 24.1 Å². The maximum atomic E-state index is 6.02. The van der Waals surface area contributed by atoms with Crippen molar-refractivity contribution in [1.82, 2.24) is 0 Å². The summed E-state index contributed by atoms with van der Waals surface area (Å²) in [6.07, 6.45) is 1.28. The number of hydrogen-bond donors (Lipinski definition) is 1. The van der Waals surface area contributed by atoms with Crippen LogP contribution in [0.1, 0.15) is 13.3 Å². The zero-order valence-electron chi connectivity index (χ0n) is 9.15. The molecule has 0 aromatic heterocycles. The van der Waals surface area contributed by atoms with Gasteiger partial charge in [0, 0.05) is 18.3 Å². The standard InChI is InChI=1S/C12H18N2S/c1-2-14(10-7-8-15-9-10)12-6-4-3-5-11(12)13/h3-6,10H,2,7-9,13H2,1H3/t10-/m0/s1. The van der Waals surface area contributed by atoms with Gasteiger partial charge < -0.3 is 10.6 Å². The molecule has 82 valence electrons. The van der Waals surface area contributed by atoms with Crippen LogP contribution in [0.3, 0.4) is 0 Å². The van der Waals surface area contributed by atoms with Gasteiger partial charge >= 0.3 is 0 Å². The third kappa shape index (κ3) is 2.23. The van der Waals surface area contributed by atoms with Crippen LogP contribution in [0.4, 0.5) is 11.4 Å². The number of nitrogens with two attached hydrogens (primary N) is 1. The van der Waals surface area contributed by atoms with Gasteiger partial charge in [-0.1, -0.05) is 12.1 Å². The van der Waals surface area contributed by atoms with E-state index in [-0.39, 0.29) is 0 Å². The predicted octanol–water partition coefficient (Wildman–Crippen LogP) is 2.60. The second-order valence-corrected chi connectivity index (χ2v) is 5.01. The second-order valence-electron chi connectivity index (χ2n) is 3.86. The molecule has 3 heteroatoms. The van der Waals surface area contributed by atoms with Gasteiger partial charge in [0.25, 0.3) is 0 Å². The van der Waals surface area contributed by atoms with Crippen molar-refractivity contribution >= 4 is 23.1 Å². The van der Waals surface area contributed by atoms with E-state index >= 15 is 0 Å². The molecule has 0 unspecified atom stereocenters. The van der Waals surface area contributed by atoms with Crippen LogP contribution >= 0.6 is 11.8 Å². The molecule has 1 aliphatic rings. The molecule has 1 heterocycles. The van der Waals surface area contributed by atoms with Crippen molar-refractivity contribution in [3.05, 3.63) is 24.3 Å². The SMILES string of the molecule is CCN(c1ccccc1N)[C@H]1CCSC1. The summed E-state index contributed by atoms with van der Waals surface area (Å²) in [7, 11) is 0. The Morgan fingerprint density at radius 1 is 1.47 bits per heavy atom. The van der Waals surface area contributed by atoms with Crippen molar-refractivity contribution in [2.75, 3.05) is 28.7 Å². The van der Waals surface area contributed by atoms with E-state index in [1.165, 1.54) is 23.6 Å². The van der Waals surface area contributed by atoms with Crippen molar-refractivity contribution in [1.29, 1.82) is 0 Å². The number of nitrogen functional groups attached to an aromatic ring is 1. The Morgan fingerprint density at radius 2 is 2.27 bits per heavy atom. The van der Waals surface area contributed by atoms with Crippen molar-refractivity contribution in [3.8, 4) is 0 Å². The summed E-state index contributed by atoms with van der Waals surface area (Å²) in [6.45, 7) is 3.24. The van der Waals surface area contributed by atoms with Crippen molar-refractivity contribution in [2.45, 2.75) is 19.4 Å². The molecule has 1 aromatic carbocycles. The minimum atomic E-state index is 0.671. The highest BCUT2D eigenvalue weighted by atomic mass is 32.2. The van der Waals surface area contributed by atoms with E-state index in [2.05, 4.69) is 24.0 Å². The summed E-state index contributed by atoms with van der Waals surface area (Å²) < 4.78 is 0. The predicted molar refractivity (Wildman–Crippen MR) is 69.6 cm³/mol. The summed E-state index contributed by atoms with van der Waals surface area (Å²) in [5.41, 5.74) is 8.12. The summed E-state index contributed by atoms with van der Waals surface area (Å²) in [5.74, 6) is 2.52. The molecule has 1 aliphatic heterocycles. The molecular formula is C12H18N2S. The molecule has 0 radical (unpaired) electrons. The molecule has 0 spiro atoms. The largest absolute Gasteiger partial charge is 0.397 e. The minimum Gasteiger partial charge on any atom is -0.397 e. The first kappa shape index (κ1) is 10.7. The molecular weight excluding hydrogens is 204 g/mol. The second kappa shape index (κ2) is 4.79. The number of rotatable bonds is 3. The van der Waals surface area contributed by atoms with Gasteiger partial charge in [-0.25, -0.2) is 0 Å². The smallest absolute Gasteiger partial charge is 0.0602 e. The number of nitrogens with zero attached hydrogens (tertiary/aromatic N) is 1. The maximum Gasteiger partial charge on any atom is 0.0602 e. The van der Waals surface area contributed by atoms with Crippen LogP contribution in [0, 0.1) is 0 Å². The lowest BCUT2D eigenvalue weighted by Gasteiger charge is -2.30. The molecule has 15 heavy (non-hydrogen) atoms. The van der Waals surface area contributed by atoms with Crippen LogP contribution in [0.2, 0.25) is 0 Å². The average molecular weight is 222 g/mol. The van der Waals surface area contributed by atoms with Gasteiger partial charge in [0.15, 0.2) is 0 Å². The maximum absolute atomic E-state index is 6.02. The van der Waals surface area contributed by atoms with Crippen LogP contribution < -0.4 is 10.6 Å². The van der Waals surface area contributed by atoms with Gasteiger partial charge in [-0.05, 0) is 31.2 Å². The highest BCUT2D eigenvalue weighted by Gasteiger charge is 2.22. The fraction of sp³-hybridized carbons (Fsp3) is 0.500. The Balaban J connectivity index is 2.22. The van der Waals surface area contributed by atoms with Gasteiger partial charge in [-0.15, -0.1) is 0 Å². The Labute approximate surface area is 95.8 Å². The summed E-state index contributed by atoms with van der Waals surface area (Å²) in [5, 5.41) is 0. The number of benzene rings is 1. The third-order valence-electron chi connectivity index (χ3n) is 2.93. The molecule has 2 rings (SSSR count). The highest BCUT2D eigenvalue weighted by molar-refractivity contribution is 7.99. The third-order valence-corrected chi connectivity index (χ3v) is 4.08. The quantitative estimate of drug-likeness (QED) is 0.797. The molecule has 0 saturated carbocycles. The first-order chi connectivity index (χ1) is 7.33. The van der Waals surface area contributed by atoms with E-state index in [1.807, 2.05) is 23.9 Å². The first-order valence-electron chi connectivity index (χ1n) is 5.52. The van der Waals surface area contributed by atoms with E-state index in [0.29, 0.717) is 6.04 Å². The number of anilines is 2. The molecule has 2 N–H and O–H groups in total. The molecule has 2 nitrogen and oxygen atoms in total. The number of para-hydroxylation sites is 2. The van der Waals surface area contributed by atoms with E-state index in [1.54, 1.807) is 0 Å². The average Bonchev–Trinajstić information content (AvgIpc) is 2.75. The summed E-state index contributed by atoms with van der Waals surface area (Å²) >= 11 is 2.04. The molecule has 1 atom stereocenters. The summed E-state index contributed by atoms with van der Waals surface area (Å²) in [6, 6.07) is 8.85. The zero-order chi connectivity index (χ0) is 10.7. The lowest BCUT2D eigenvalue weighted by Crippen LogP contribution is -2.35. The van der Waals surface area contributed by atoms with E-state index < -0.39 is 0 Å². The monoisotopic (exact) mass is 222 g/mol. The Morgan fingerprint density at radius 3 is 2.87 bits per heavy atom. The lowest BCUT2D eigenvalue weighted by molar-refractivity contribution is 0.661. The fourth-order valence-electron chi connectivity index (χ4n) is 2.14. The highest BCUT2D eigenvalue weighted by Crippen LogP contribution is 2.30. The molecule has 1 aromatic rings. The fourth-order valence-corrected chi connectivity index (χ4v) is 3.37. The molecule has 1 saturated heterocycles. The van der Waals surface area contributed by atoms with E-state index in [9.17, 15) is 0 Å². The van der Waals surface area contributed by atoms with Gasteiger partial charge in [-0.2, -0.15) is 11.8 Å². The minimum absolute atomic E-state index is 0.671. The number of hydrogen-bond acceptors (Lipinski definition) is 3. The van der Waals surface area contributed by atoms with Crippen molar-refractivity contribution < 1.29 is 0 Å². The van der Waals surface area contributed by atoms with Crippen molar-refractivity contribution in [3.63, 3.8) is 0 Å². The molecule has 1 fully saturated rings. The Bertz CT molecular complexity index is 321. The first-order valence-corrected chi connectivity index (χ1v) is 6.67. The molecule has 0 aliphatic carbocycles. The topological polar surface area (TPSA) is 29.3 Å². The lowest BCUT2D eigenvalue weighted by atomic mass is 10.1. The molecule has 0 amide bonds. The summed E-state index contributed by atoms with van der Waals surface area (Å²) in [4.78, 5) is 2.44. The van der Waals surface area contributed by atoms with Crippen LogP contribution in [0.5, 0.6) is 0 Å². The Kier molecular flexibility index (Phi) is 3.41. The van der Waals surface area contributed by atoms with Crippen molar-refractivity contribution in [2.24, 2.45) is 0 Å². The normalized spacial score (nSPS) is 20.5. The van der Waals surface area contributed by atoms with Crippen LogP contribution in [0.25, 0.3) is 0 Å².